The fourth-order valence-corrected chi connectivity index (χ4v) is 9.16. The summed E-state index contributed by atoms with van der Waals surface area (Å²) in [4.78, 5) is 0. The molecule has 0 N–H and O–H groups in total. The monoisotopic (exact) mass is 711 g/mol. The molecule has 0 saturated heterocycles. The molecular weight excluding hydrogens is 673 g/mol. The third-order valence-electron chi connectivity index (χ3n) is 11.8. The topological polar surface area (TPSA) is 0 Å². The average Bonchev–Trinajstić information content (AvgIpc) is 3.31. The Morgan fingerprint density at radius 3 is 1.02 bits per heavy atom. The summed E-state index contributed by atoms with van der Waals surface area (Å²) in [5.74, 6) is 0. The van der Waals surface area contributed by atoms with E-state index in [2.05, 4.69) is 164 Å². The largest absolute Gasteiger partial charge is 0.0629 e. The summed E-state index contributed by atoms with van der Waals surface area (Å²) in [5, 5.41) is 14.9. The maximum Gasteiger partial charge on any atom is 0.0629 e. The van der Waals surface area contributed by atoms with Crippen molar-refractivity contribution in [2.24, 2.45) is 0 Å². The molecule has 56 heavy (non-hydrogen) atoms. The molecule has 0 bridgehead atoms. The standard InChI is InChI=1S/C56H34/c1-2-6-35(7-3-1)46-32-47(36-12-16-38(17-13-36)49-28-24-44-22-20-40-8-4-10-42-26-30-51(49)55(44)53(40)42)34-48(33-46)37-14-18-39(19-15-37)50-29-25-45-23-21-41-9-5-11-43-27-31-52(50)56(45)54(41)43/h1-34H/i1D,2D,3D,6D,7D. The van der Waals surface area contributed by atoms with Gasteiger partial charge < -0.3 is 0 Å². The average molecular weight is 712 g/mol. The third kappa shape index (κ3) is 4.79. The van der Waals surface area contributed by atoms with Crippen LogP contribution in [-0.2, 0) is 0 Å². The van der Waals surface area contributed by atoms with E-state index in [0.717, 1.165) is 44.5 Å². The van der Waals surface area contributed by atoms with Gasteiger partial charge in [0.15, 0.2) is 0 Å². The normalized spacial score (nSPS) is 13.2. The molecule has 0 radical (unpaired) electrons. The zero-order chi connectivity index (χ0) is 41.1. The summed E-state index contributed by atoms with van der Waals surface area (Å²) in [6.45, 7) is 0. The van der Waals surface area contributed by atoms with Crippen LogP contribution in [-0.4, -0.2) is 0 Å². The number of hydrogen-bond donors (Lipinski definition) is 0. The second-order valence-corrected chi connectivity index (χ2v) is 14.9. The lowest BCUT2D eigenvalue weighted by molar-refractivity contribution is 1.56. The Kier molecular flexibility index (Phi) is 5.73. The van der Waals surface area contributed by atoms with Gasteiger partial charge in [0.1, 0.15) is 0 Å². The van der Waals surface area contributed by atoms with Crippen molar-refractivity contribution in [1.29, 1.82) is 0 Å². The van der Waals surface area contributed by atoms with Crippen LogP contribution in [0.3, 0.4) is 0 Å². The van der Waals surface area contributed by atoms with Gasteiger partial charge in [-0.3, -0.25) is 0 Å². The minimum atomic E-state index is -0.403. The molecule has 0 saturated carbocycles. The van der Waals surface area contributed by atoms with Crippen molar-refractivity contribution in [2.45, 2.75) is 0 Å². The van der Waals surface area contributed by atoms with Gasteiger partial charge in [-0.05, 0) is 138 Å². The Bertz CT molecular complexity index is 3470. The molecule has 12 aromatic rings. The van der Waals surface area contributed by atoms with E-state index < -0.39 is 6.04 Å². The van der Waals surface area contributed by atoms with E-state index in [1.54, 1.807) is 0 Å². The molecule has 0 heterocycles. The summed E-state index contributed by atoms with van der Waals surface area (Å²) < 4.78 is 43.0. The summed E-state index contributed by atoms with van der Waals surface area (Å²) in [7, 11) is 0. The Morgan fingerprint density at radius 2 is 0.589 bits per heavy atom. The molecule has 0 aliphatic carbocycles. The minimum absolute atomic E-state index is 0.185. The summed E-state index contributed by atoms with van der Waals surface area (Å²) in [6, 6.07) is 61.1. The quantitative estimate of drug-likeness (QED) is 0.156. The van der Waals surface area contributed by atoms with E-state index in [9.17, 15) is 0 Å². The fraction of sp³-hybridized carbons (Fsp3) is 0. The lowest BCUT2D eigenvalue weighted by Crippen LogP contribution is -1.89. The lowest BCUT2D eigenvalue weighted by atomic mass is 9.88. The zero-order valence-electron chi connectivity index (χ0n) is 35.2. The molecule has 12 rings (SSSR count). The number of rotatable bonds is 5. The van der Waals surface area contributed by atoms with Crippen molar-refractivity contribution in [2.75, 3.05) is 0 Å². The van der Waals surface area contributed by atoms with Crippen LogP contribution in [0.2, 0.25) is 0 Å². The van der Waals surface area contributed by atoms with Gasteiger partial charge in [0.05, 0.1) is 6.85 Å². The second-order valence-electron chi connectivity index (χ2n) is 14.9. The van der Waals surface area contributed by atoms with Gasteiger partial charge in [0, 0.05) is 0 Å². The first-order valence-electron chi connectivity index (χ1n) is 21.6. The van der Waals surface area contributed by atoms with Gasteiger partial charge in [0.25, 0.3) is 0 Å². The molecule has 0 amide bonds. The molecule has 0 aliphatic rings. The molecule has 0 fully saturated rings. The molecule has 258 valence electrons. The van der Waals surface area contributed by atoms with Gasteiger partial charge in [-0.15, -0.1) is 0 Å². The molecule has 0 aromatic heterocycles. The van der Waals surface area contributed by atoms with Crippen LogP contribution < -0.4 is 0 Å². The van der Waals surface area contributed by atoms with Crippen LogP contribution in [0.1, 0.15) is 6.85 Å². The molecule has 0 nitrogen and oxygen atoms in total. The summed E-state index contributed by atoms with van der Waals surface area (Å²) >= 11 is 0. The van der Waals surface area contributed by atoms with Crippen molar-refractivity contribution in [3.8, 4) is 55.6 Å². The van der Waals surface area contributed by atoms with Gasteiger partial charge >= 0.3 is 0 Å². The van der Waals surface area contributed by atoms with E-state index in [4.69, 9.17) is 6.85 Å². The highest BCUT2D eigenvalue weighted by Crippen LogP contribution is 2.42. The van der Waals surface area contributed by atoms with Crippen molar-refractivity contribution in [3.63, 3.8) is 0 Å². The molecular formula is C56H34. The SMILES string of the molecule is [2H]c1c([2H])c([2H])c(-c2cc(-c3ccc(-c4ccc5ccc6cccc7ccc4c5c67)cc3)cc(-c3ccc(-c4ccc5ccc6cccc7ccc4c5c67)cc3)c2)c([2H])c1[2H]. The molecule has 0 heteroatoms. The van der Waals surface area contributed by atoms with Crippen LogP contribution in [0.15, 0.2) is 206 Å². The Morgan fingerprint density at radius 1 is 0.250 bits per heavy atom. The maximum absolute atomic E-state index is 8.89. The lowest BCUT2D eigenvalue weighted by Gasteiger charge is -2.15. The van der Waals surface area contributed by atoms with Gasteiger partial charge in [-0.1, -0.05) is 188 Å². The van der Waals surface area contributed by atoms with Gasteiger partial charge in [-0.25, -0.2) is 0 Å². The number of hydrogen-bond acceptors (Lipinski definition) is 0. The van der Waals surface area contributed by atoms with E-state index in [1.165, 1.54) is 64.6 Å². The first-order valence-corrected chi connectivity index (χ1v) is 19.1. The van der Waals surface area contributed by atoms with E-state index >= 15 is 0 Å². The molecule has 0 spiro atoms. The predicted molar refractivity (Wildman–Crippen MR) is 241 cm³/mol. The van der Waals surface area contributed by atoms with Crippen molar-refractivity contribution in [1.82, 2.24) is 0 Å². The second kappa shape index (κ2) is 12.1. The molecule has 0 unspecified atom stereocenters. The van der Waals surface area contributed by atoms with Crippen molar-refractivity contribution in [3.05, 3.63) is 206 Å². The highest BCUT2D eigenvalue weighted by atomic mass is 14.2. The summed E-state index contributed by atoms with van der Waals surface area (Å²) in [5.41, 5.74) is 8.97. The minimum Gasteiger partial charge on any atom is -0.0622 e. The first kappa shape index (κ1) is 26.5. The highest BCUT2D eigenvalue weighted by molar-refractivity contribution is 6.26. The van der Waals surface area contributed by atoms with E-state index in [0.29, 0.717) is 5.56 Å². The van der Waals surface area contributed by atoms with Crippen molar-refractivity contribution < 1.29 is 6.85 Å². The zero-order valence-corrected chi connectivity index (χ0v) is 30.2. The van der Waals surface area contributed by atoms with E-state index in [1.807, 2.05) is 12.1 Å². The maximum atomic E-state index is 8.89. The molecule has 0 aliphatic heterocycles. The van der Waals surface area contributed by atoms with Crippen LogP contribution in [0.25, 0.3) is 120 Å². The molecule has 12 aromatic carbocycles. The van der Waals surface area contributed by atoms with Crippen LogP contribution in [0.5, 0.6) is 0 Å². The Hall–Kier alpha value is -7.28. The predicted octanol–water partition coefficient (Wildman–Crippen LogP) is 15.8. The fourth-order valence-electron chi connectivity index (χ4n) is 9.16. The Labute approximate surface area is 332 Å². The van der Waals surface area contributed by atoms with Crippen LogP contribution in [0.4, 0.5) is 0 Å². The summed E-state index contributed by atoms with van der Waals surface area (Å²) in [6.07, 6.45) is 0. The smallest absolute Gasteiger partial charge is 0.0622 e. The Balaban J connectivity index is 0.981. The molecule has 0 atom stereocenters. The van der Waals surface area contributed by atoms with Gasteiger partial charge in [-0.2, -0.15) is 0 Å². The third-order valence-corrected chi connectivity index (χ3v) is 11.8. The highest BCUT2D eigenvalue weighted by Gasteiger charge is 2.15. The number of benzene rings is 12. The van der Waals surface area contributed by atoms with E-state index in [-0.39, 0.29) is 29.7 Å². The van der Waals surface area contributed by atoms with Crippen LogP contribution >= 0.6 is 0 Å². The van der Waals surface area contributed by atoms with Crippen molar-refractivity contribution >= 4 is 64.6 Å². The first-order chi connectivity index (χ1) is 29.8. The van der Waals surface area contributed by atoms with Gasteiger partial charge in [0.2, 0.25) is 0 Å². The van der Waals surface area contributed by atoms with Crippen LogP contribution in [0, 0.1) is 0 Å².